The number of ether oxygens (including phenoxy) is 1. The molecule has 30 heavy (non-hydrogen) atoms. The third kappa shape index (κ3) is 5.33. The quantitative estimate of drug-likeness (QED) is 0.712. The molecule has 3 rings (SSSR count). The third-order valence-corrected chi connectivity index (χ3v) is 5.83. The van der Waals surface area contributed by atoms with Gasteiger partial charge in [-0.25, -0.2) is 0 Å². The maximum Gasteiger partial charge on any atom is 0.253 e. The number of methoxy groups -OCH3 is 1. The maximum absolute atomic E-state index is 13.1. The Balaban J connectivity index is 1.82. The Bertz CT molecular complexity index is 882. The highest BCUT2D eigenvalue weighted by molar-refractivity contribution is 6.30. The minimum Gasteiger partial charge on any atom is -0.497 e. The summed E-state index contributed by atoms with van der Waals surface area (Å²) in [7, 11) is 1.63. The van der Waals surface area contributed by atoms with Gasteiger partial charge in [0.15, 0.2) is 0 Å². The Hall–Kier alpha value is -2.53. The molecule has 0 radical (unpaired) electrons. The van der Waals surface area contributed by atoms with E-state index >= 15 is 0 Å². The lowest BCUT2D eigenvalue weighted by Crippen LogP contribution is -2.36. The summed E-state index contributed by atoms with van der Waals surface area (Å²) in [6.07, 6.45) is 0.926. The van der Waals surface area contributed by atoms with Crippen molar-refractivity contribution in [2.24, 2.45) is 11.8 Å². The van der Waals surface area contributed by atoms with Gasteiger partial charge in [0.25, 0.3) is 5.91 Å². The second-order valence-electron chi connectivity index (χ2n) is 8.18. The predicted octanol–water partition coefficient (Wildman–Crippen LogP) is 4.37. The molecule has 2 aromatic rings. The zero-order chi connectivity index (χ0) is 21.7. The number of halogens is 1. The number of carbonyl (C=O) groups is 2. The van der Waals surface area contributed by atoms with Crippen LogP contribution in [0.2, 0.25) is 5.02 Å². The molecule has 1 fully saturated rings. The lowest BCUT2D eigenvalue weighted by molar-refractivity contribution is -0.124. The molecule has 2 atom stereocenters. The fraction of sp³-hybridized carbons (Fsp3) is 0.417. The Morgan fingerprint density at radius 3 is 2.57 bits per heavy atom. The third-order valence-electron chi connectivity index (χ3n) is 5.58. The van der Waals surface area contributed by atoms with Crippen LogP contribution < -0.4 is 10.1 Å². The standard InChI is InChI=1S/C24H29ClN2O3/c1-16(2)11-12-26-23(28)22-15-27(24(29)17-7-9-19(25)10-8-17)14-21(22)18-5-4-6-20(13-18)30-3/h4-10,13,16,21-22H,11-12,14-15H2,1-3H3,(H,26,28). The van der Waals surface area contributed by atoms with Gasteiger partial charge in [0.1, 0.15) is 5.75 Å². The molecule has 0 aliphatic carbocycles. The molecule has 1 aliphatic heterocycles. The second kappa shape index (κ2) is 9.98. The van der Waals surface area contributed by atoms with E-state index in [0.717, 1.165) is 17.7 Å². The van der Waals surface area contributed by atoms with Crippen LogP contribution in [0.15, 0.2) is 48.5 Å². The van der Waals surface area contributed by atoms with Crippen molar-refractivity contribution in [2.45, 2.75) is 26.2 Å². The summed E-state index contributed by atoms with van der Waals surface area (Å²) in [5.41, 5.74) is 1.58. The summed E-state index contributed by atoms with van der Waals surface area (Å²) < 4.78 is 5.36. The van der Waals surface area contributed by atoms with Gasteiger partial charge in [-0.2, -0.15) is 0 Å². The van der Waals surface area contributed by atoms with E-state index in [1.54, 1.807) is 36.3 Å². The number of nitrogens with zero attached hydrogens (tertiary/aromatic N) is 1. The van der Waals surface area contributed by atoms with Crippen LogP contribution in [0.5, 0.6) is 5.75 Å². The van der Waals surface area contributed by atoms with E-state index in [-0.39, 0.29) is 23.7 Å². The number of rotatable bonds is 7. The first-order valence-electron chi connectivity index (χ1n) is 10.4. The van der Waals surface area contributed by atoms with E-state index in [9.17, 15) is 9.59 Å². The number of hydrogen-bond acceptors (Lipinski definition) is 3. The van der Waals surface area contributed by atoms with E-state index in [0.29, 0.717) is 36.1 Å². The highest BCUT2D eigenvalue weighted by atomic mass is 35.5. The summed E-state index contributed by atoms with van der Waals surface area (Å²) in [4.78, 5) is 27.8. The molecule has 1 N–H and O–H groups in total. The van der Waals surface area contributed by atoms with Gasteiger partial charge in [-0.1, -0.05) is 37.6 Å². The molecule has 2 unspecified atom stereocenters. The lowest BCUT2D eigenvalue weighted by atomic mass is 9.88. The van der Waals surface area contributed by atoms with Crippen molar-refractivity contribution in [3.8, 4) is 5.75 Å². The van der Waals surface area contributed by atoms with Crippen molar-refractivity contribution in [3.63, 3.8) is 0 Å². The van der Waals surface area contributed by atoms with Crippen LogP contribution in [0.1, 0.15) is 42.1 Å². The minimum atomic E-state index is -0.305. The molecular weight excluding hydrogens is 400 g/mol. The molecule has 160 valence electrons. The summed E-state index contributed by atoms with van der Waals surface area (Å²) >= 11 is 5.95. The zero-order valence-corrected chi connectivity index (χ0v) is 18.5. The first-order chi connectivity index (χ1) is 14.4. The van der Waals surface area contributed by atoms with E-state index in [2.05, 4.69) is 19.2 Å². The number of likely N-dealkylation sites (tertiary alicyclic amines) is 1. The molecule has 6 heteroatoms. The fourth-order valence-electron chi connectivity index (χ4n) is 3.84. The van der Waals surface area contributed by atoms with Gasteiger partial charge >= 0.3 is 0 Å². The van der Waals surface area contributed by atoms with Crippen molar-refractivity contribution >= 4 is 23.4 Å². The van der Waals surface area contributed by atoms with Crippen LogP contribution >= 0.6 is 11.6 Å². The average molecular weight is 429 g/mol. The highest BCUT2D eigenvalue weighted by Gasteiger charge is 2.40. The Morgan fingerprint density at radius 1 is 1.17 bits per heavy atom. The summed E-state index contributed by atoms with van der Waals surface area (Å²) in [6.45, 7) is 5.78. The maximum atomic E-state index is 13.1. The molecule has 0 spiro atoms. The summed E-state index contributed by atoms with van der Waals surface area (Å²) in [5, 5.41) is 3.65. The average Bonchev–Trinajstić information content (AvgIpc) is 3.19. The molecule has 1 heterocycles. The second-order valence-corrected chi connectivity index (χ2v) is 8.62. The van der Waals surface area contributed by atoms with E-state index in [1.165, 1.54) is 0 Å². The molecule has 1 saturated heterocycles. The molecule has 2 aromatic carbocycles. The van der Waals surface area contributed by atoms with E-state index in [4.69, 9.17) is 16.3 Å². The largest absolute Gasteiger partial charge is 0.497 e. The lowest BCUT2D eigenvalue weighted by Gasteiger charge is -2.19. The first kappa shape index (κ1) is 22.2. The number of carbonyl (C=O) groups excluding carboxylic acids is 2. The van der Waals surface area contributed by atoms with Gasteiger partial charge in [-0.15, -0.1) is 0 Å². The van der Waals surface area contributed by atoms with Crippen molar-refractivity contribution in [1.29, 1.82) is 0 Å². The first-order valence-corrected chi connectivity index (χ1v) is 10.7. The van der Waals surface area contributed by atoms with Gasteiger partial charge in [0.05, 0.1) is 13.0 Å². The number of hydrogen-bond donors (Lipinski definition) is 1. The molecular formula is C24H29ClN2O3. The van der Waals surface area contributed by atoms with E-state index < -0.39 is 0 Å². The Labute approximate surface area is 183 Å². The molecule has 0 bridgehead atoms. The van der Waals surface area contributed by atoms with Crippen LogP contribution in [0, 0.1) is 11.8 Å². The van der Waals surface area contributed by atoms with Gasteiger partial charge in [-0.05, 0) is 54.3 Å². The predicted molar refractivity (Wildman–Crippen MR) is 119 cm³/mol. The molecule has 2 amide bonds. The van der Waals surface area contributed by atoms with Gasteiger partial charge in [0, 0.05) is 36.1 Å². The minimum absolute atomic E-state index is 0.00474. The van der Waals surface area contributed by atoms with Crippen molar-refractivity contribution < 1.29 is 14.3 Å². The van der Waals surface area contributed by atoms with Crippen LogP contribution in [0.25, 0.3) is 0 Å². The smallest absolute Gasteiger partial charge is 0.253 e. The molecule has 0 saturated carbocycles. The normalized spacial score (nSPS) is 18.5. The highest BCUT2D eigenvalue weighted by Crippen LogP contribution is 2.35. The van der Waals surface area contributed by atoms with Crippen LogP contribution in [0.3, 0.4) is 0 Å². The zero-order valence-electron chi connectivity index (χ0n) is 17.7. The monoisotopic (exact) mass is 428 g/mol. The summed E-state index contributed by atoms with van der Waals surface area (Å²) in [5.74, 6) is 0.780. The van der Waals surface area contributed by atoms with Gasteiger partial charge < -0.3 is 15.0 Å². The number of nitrogens with one attached hydrogen (secondary N) is 1. The number of amides is 2. The van der Waals surface area contributed by atoms with Crippen molar-refractivity contribution in [2.75, 3.05) is 26.7 Å². The Kier molecular flexibility index (Phi) is 7.38. The van der Waals surface area contributed by atoms with Gasteiger partial charge in [0.2, 0.25) is 5.91 Å². The van der Waals surface area contributed by atoms with Crippen molar-refractivity contribution in [3.05, 3.63) is 64.7 Å². The van der Waals surface area contributed by atoms with Gasteiger partial charge in [-0.3, -0.25) is 9.59 Å². The Morgan fingerprint density at radius 2 is 1.90 bits per heavy atom. The van der Waals surface area contributed by atoms with Crippen LogP contribution in [-0.2, 0) is 4.79 Å². The topological polar surface area (TPSA) is 58.6 Å². The number of benzene rings is 2. The van der Waals surface area contributed by atoms with Crippen molar-refractivity contribution in [1.82, 2.24) is 10.2 Å². The molecule has 5 nitrogen and oxygen atoms in total. The van der Waals surface area contributed by atoms with Crippen LogP contribution in [0.4, 0.5) is 0 Å². The van der Waals surface area contributed by atoms with Crippen LogP contribution in [-0.4, -0.2) is 43.5 Å². The fourth-order valence-corrected chi connectivity index (χ4v) is 3.96. The molecule has 0 aromatic heterocycles. The SMILES string of the molecule is COc1cccc(C2CN(C(=O)c3ccc(Cl)cc3)CC2C(=O)NCCC(C)C)c1. The molecule has 1 aliphatic rings. The van der Waals surface area contributed by atoms with E-state index in [1.807, 2.05) is 24.3 Å². The summed E-state index contributed by atoms with van der Waals surface area (Å²) in [6, 6.07) is 14.6.